The number of aliphatic hydroxyl groups is 6. The summed E-state index contributed by atoms with van der Waals surface area (Å²) < 4.78 is 26.7. The molecule has 524 valence electrons. The number of rotatable bonds is 28. The molecule has 0 bridgehead atoms. The van der Waals surface area contributed by atoms with Crippen LogP contribution in [-0.2, 0) is 62.0 Å². The van der Waals surface area contributed by atoms with Crippen molar-refractivity contribution in [3.8, 4) is 0 Å². The Hall–Kier alpha value is -7.57. The molecule has 0 aromatic carbocycles. The van der Waals surface area contributed by atoms with Crippen LogP contribution in [0.2, 0.25) is 0 Å². The number of ketones is 1. The van der Waals surface area contributed by atoms with E-state index < -0.39 is 127 Å². The maximum absolute atomic E-state index is 12.0. The molecular weight excluding hydrogens is 1210 g/mol. The van der Waals surface area contributed by atoms with E-state index in [0.717, 1.165) is 37.8 Å². The third kappa shape index (κ3) is 25.8. The molecule has 4 aliphatic rings. The van der Waals surface area contributed by atoms with E-state index >= 15 is 0 Å². The molecule has 0 unspecified atom stereocenters. The number of aliphatic imine (C=N–C) groups is 2. The van der Waals surface area contributed by atoms with Crippen molar-refractivity contribution in [3.63, 3.8) is 0 Å². The number of Topliss-reactive ketones (excluding diaryl/α,β-unsaturated/α-hetero) is 1. The summed E-state index contributed by atoms with van der Waals surface area (Å²) in [7, 11) is 1.24. The second kappa shape index (κ2) is 40.4. The van der Waals surface area contributed by atoms with Crippen LogP contribution in [-0.4, -0.2) is 230 Å². The summed E-state index contributed by atoms with van der Waals surface area (Å²) in [4.78, 5) is 99.8. The van der Waals surface area contributed by atoms with E-state index in [1.807, 2.05) is 13.8 Å². The van der Waals surface area contributed by atoms with Gasteiger partial charge in [0.05, 0.1) is 74.2 Å². The molecule has 34 nitrogen and oxygen atoms in total. The molecule has 34 heteroatoms. The number of methoxy groups -OCH3 is 1. The molecule has 4 rings (SSSR count). The average molecular weight is 1320 g/mol. The number of amidine groups is 1. The summed E-state index contributed by atoms with van der Waals surface area (Å²) in [5, 5.41) is 95.0. The lowest BCUT2D eigenvalue weighted by molar-refractivity contribution is -0.149. The molecule has 0 aromatic heterocycles. The first-order valence-electron chi connectivity index (χ1n) is 30.1. The molecule has 0 saturated heterocycles. The largest absolute Gasteiger partial charge is 0.478 e. The zero-order valence-electron chi connectivity index (χ0n) is 54.1. The van der Waals surface area contributed by atoms with Crippen molar-refractivity contribution in [2.75, 3.05) is 26.9 Å². The third-order valence-electron chi connectivity index (χ3n) is 15.5. The number of hydrogen-bond acceptors (Lipinski definition) is 23. The zero-order valence-corrected chi connectivity index (χ0v) is 54.1. The van der Waals surface area contributed by atoms with Gasteiger partial charge in [-0.2, -0.15) is 0 Å². The Balaban J connectivity index is 0.000000614. The van der Waals surface area contributed by atoms with Crippen molar-refractivity contribution >= 4 is 65.1 Å². The van der Waals surface area contributed by atoms with Crippen molar-refractivity contribution in [2.24, 2.45) is 68.1 Å². The number of hydrogen-bond donors (Lipinski definition) is 19. The van der Waals surface area contributed by atoms with Crippen molar-refractivity contribution in [2.45, 2.75) is 211 Å². The molecule has 0 aromatic rings. The number of aliphatic carboxylic acids is 2. The molecule has 1 saturated carbocycles. The topological polar surface area (TPSA) is 597 Å². The minimum Gasteiger partial charge on any atom is -0.478 e. The normalized spacial score (nSPS) is 26.3. The van der Waals surface area contributed by atoms with E-state index in [0.29, 0.717) is 31.4 Å². The minimum absolute atomic E-state index is 0.0420. The van der Waals surface area contributed by atoms with E-state index in [1.54, 1.807) is 13.0 Å². The van der Waals surface area contributed by atoms with Crippen molar-refractivity contribution in [1.82, 2.24) is 21.3 Å². The van der Waals surface area contributed by atoms with Gasteiger partial charge in [0.2, 0.25) is 35.1 Å². The summed E-state index contributed by atoms with van der Waals surface area (Å²) in [6, 6.07) is -4.93. The number of aliphatic hydroxyl groups excluding tert-OH is 6. The lowest BCUT2D eigenvalue weighted by Gasteiger charge is -2.39. The Labute approximate surface area is 534 Å². The molecule has 2 aliphatic carbocycles. The summed E-state index contributed by atoms with van der Waals surface area (Å²) in [6.07, 6.45) is -0.899. The predicted molar refractivity (Wildman–Crippen MR) is 333 cm³/mol. The molecule has 4 amide bonds. The van der Waals surface area contributed by atoms with Gasteiger partial charge in [0.15, 0.2) is 18.0 Å². The first kappa shape index (κ1) is 82.4. The number of carbonyl (C=O) groups excluding carboxylic acids is 6. The van der Waals surface area contributed by atoms with Crippen molar-refractivity contribution < 1.29 is 103 Å². The van der Waals surface area contributed by atoms with E-state index in [2.05, 4.69) is 45.1 Å². The number of esters is 1. The fourth-order valence-corrected chi connectivity index (χ4v) is 11.3. The number of carboxylic acids is 2. The third-order valence-corrected chi connectivity index (χ3v) is 15.5. The Morgan fingerprint density at radius 2 is 1.16 bits per heavy atom. The fourth-order valence-electron chi connectivity index (χ4n) is 11.3. The maximum Gasteiger partial charge on any atom is 0.370 e. The molecule has 1 fully saturated rings. The highest BCUT2D eigenvalue weighted by Crippen LogP contribution is 2.44. The van der Waals surface area contributed by atoms with Gasteiger partial charge in [-0.25, -0.2) is 24.4 Å². The van der Waals surface area contributed by atoms with Crippen LogP contribution in [0.3, 0.4) is 0 Å². The van der Waals surface area contributed by atoms with Gasteiger partial charge in [-0.1, -0.05) is 40.5 Å². The molecule has 0 spiro atoms. The molecule has 92 heavy (non-hydrogen) atoms. The molecular formula is C58H101N13O21. The number of nitrogens with zero attached hydrogens (tertiary/aromatic N) is 2. The monoisotopic (exact) mass is 1320 g/mol. The van der Waals surface area contributed by atoms with Crippen LogP contribution in [0, 0.1) is 29.1 Å². The standard InChI is InChI=1S/C17H31N3O3.C16H28N2O4.C13H22N4O7.C12H20N4O7/c1-5-11(6-2)16(20-10(4)22)15-12(8-14(18)19)7-13(9(3)21)17(15)23;1-5-12(6-2)22-14-9-11(16(20)21-7-3)8-13(17)15(14)18-10(4)19;1-5(19)16-9-6(17-13(14)15)3-8(12(21)22)24-11(9)10(23-2)7(20)4-18;1-4(18)15-8-5(16-12(13)14)2-7(11(21)22)23-10(8)9(20)6(19)3-17/h11-13,15-17,23H,5-8H2,1-4H3,(H3,18,19)(H,20,22);9,12-15H,5-8,17H2,1-4H3,(H,18,19);3,6-7,9-11,18,20H,4H2,1-2H3,(H,16,19)(H,21,22)(H4,14,15,17);2,5-6,8-10,17,19-20H,3H2,1H3,(H,15,18)(H,21,22)(H4,13,14,16)/t12-,13+,15+,16-,17+;13-,14+,15+;6-,7-,9+,10-,11+;5-,6+,8+,9+,10+/m0000/s1. The van der Waals surface area contributed by atoms with Crippen molar-refractivity contribution in [1.29, 1.82) is 5.41 Å². The van der Waals surface area contributed by atoms with Gasteiger partial charge >= 0.3 is 17.9 Å². The van der Waals surface area contributed by atoms with Crippen LogP contribution in [0.4, 0.5) is 0 Å². The van der Waals surface area contributed by atoms with Gasteiger partial charge in [0.25, 0.3) is 0 Å². The van der Waals surface area contributed by atoms with E-state index in [4.69, 9.17) is 78.8 Å². The first-order chi connectivity index (χ1) is 43.0. The zero-order chi connectivity index (χ0) is 70.6. The fraction of sp³-hybridized carbons (Fsp3) is 0.707. The molecule has 18 atom stereocenters. The summed E-state index contributed by atoms with van der Waals surface area (Å²) in [6.45, 7) is 15.7. The summed E-state index contributed by atoms with van der Waals surface area (Å²) in [5.74, 6) is -6.69. The molecule has 0 radical (unpaired) electrons. The van der Waals surface area contributed by atoms with E-state index in [-0.39, 0.29) is 83.3 Å². The van der Waals surface area contributed by atoms with Crippen LogP contribution in [0.15, 0.2) is 45.3 Å². The van der Waals surface area contributed by atoms with Crippen LogP contribution < -0.4 is 55.7 Å². The first-order valence-corrected chi connectivity index (χ1v) is 30.1. The highest BCUT2D eigenvalue weighted by molar-refractivity contribution is 5.89. The average Bonchev–Trinajstić information content (AvgIpc) is 1.40. The number of carbonyl (C=O) groups is 8. The van der Waals surface area contributed by atoms with Crippen LogP contribution in [0.1, 0.15) is 114 Å². The molecule has 2 aliphatic heterocycles. The number of guanidine groups is 2. The SMILES string of the molecule is CC(=O)N[C@H]1[C@H]([C@H](O)[C@H](O)CO)OC(C(=O)O)=C[C@@H]1N=C(N)N.CCC(CC)[C@H](NC(C)=O)[C@H]1[C@H](CC(=N)N)C[C@H](C(C)=O)[C@H]1O.CCOC(=O)C1=C[C@@H](OC(CC)CC)[C@H](NC(C)=O)[C@@H](N)C1.CO[C@H]([C@@H]1OC(C(=O)O)=C[C@H](N=C(N)N)[C@H]1NC(C)=O)[C@@H](O)CO. The maximum atomic E-state index is 12.0. The van der Waals surface area contributed by atoms with Crippen LogP contribution >= 0.6 is 0 Å². The number of ether oxygens (including phenoxy) is 5. The van der Waals surface area contributed by atoms with Gasteiger partial charge in [-0.3, -0.25) is 29.4 Å². The van der Waals surface area contributed by atoms with Crippen LogP contribution in [0.5, 0.6) is 0 Å². The Morgan fingerprint density at radius 1 is 0.696 bits per heavy atom. The smallest absolute Gasteiger partial charge is 0.370 e. The van der Waals surface area contributed by atoms with Crippen LogP contribution in [0.25, 0.3) is 0 Å². The summed E-state index contributed by atoms with van der Waals surface area (Å²) in [5.41, 5.74) is 33.5. The lowest BCUT2D eigenvalue weighted by Crippen LogP contribution is -2.60. The van der Waals surface area contributed by atoms with Gasteiger partial charge in [0.1, 0.15) is 36.3 Å². The van der Waals surface area contributed by atoms with E-state index in [9.17, 15) is 63.9 Å². The van der Waals surface area contributed by atoms with Gasteiger partial charge in [0, 0.05) is 70.7 Å². The highest BCUT2D eigenvalue weighted by atomic mass is 16.6. The van der Waals surface area contributed by atoms with E-state index in [1.165, 1.54) is 41.7 Å². The number of nitrogens with one attached hydrogen (secondary N) is 5. The Kier molecular flexibility index (Phi) is 36.2. The number of carboxylic acid groups (broad SMARTS) is 2. The molecule has 2 heterocycles. The minimum atomic E-state index is -1.70. The molecule has 25 N–H and O–H groups in total. The second-order valence-electron chi connectivity index (χ2n) is 22.4. The van der Waals surface area contributed by atoms with Gasteiger partial charge in [-0.15, -0.1) is 0 Å². The Bertz CT molecular complexity index is 2610. The second-order valence-corrected chi connectivity index (χ2v) is 22.4. The van der Waals surface area contributed by atoms with Gasteiger partial charge < -0.3 is 120 Å². The highest BCUT2D eigenvalue weighted by Gasteiger charge is 2.50. The van der Waals surface area contributed by atoms with Crippen molar-refractivity contribution in [3.05, 3.63) is 35.3 Å². The van der Waals surface area contributed by atoms with Gasteiger partial charge in [-0.05, 0) is 69.6 Å². The predicted octanol–water partition coefficient (Wildman–Crippen LogP) is -4.18. The number of amides is 4. The number of nitrogens with two attached hydrogens (primary N) is 6. The Morgan fingerprint density at radius 3 is 1.54 bits per heavy atom. The lowest BCUT2D eigenvalue weighted by atomic mass is 9.77. The summed E-state index contributed by atoms with van der Waals surface area (Å²) >= 11 is 0. The quantitative estimate of drug-likeness (QED) is 0.0201.